The van der Waals surface area contributed by atoms with Gasteiger partial charge in [-0.3, -0.25) is 48.6 Å². The Kier molecular flexibility index (Phi) is 22.5. The number of hydrogen-bond acceptors (Lipinski definition) is 16. The highest BCUT2D eigenvalue weighted by Gasteiger charge is 2.20. The van der Waals surface area contributed by atoms with Gasteiger partial charge >= 0.3 is 11.9 Å². The van der Waals surface area contributed by atoms with Crippen LogP contribution in [0, 0.1) is 0 Å². The maximum absolute atomic E-state index is 13.1. The third-order valence-corrected chi connectivity index (χ3v) is 12.8. The maximum Gasteiger partial charge on any atom is 0.306 e. The van der Waals surface area contributed by atoms with Crippen molar-refractivity contribution in [3.05, 3.63) is 80.9 Å². The summed E-state index contributed by atoms with van der Waals surface area (Å²) in [6.45, 7) is 10.9. The summed E-state index contributed by atoms with van der Waals surface area (Å²) in [7, 11) is -1.65. The Morgan fingerprint density at radius 1 is 0.833 bits per heavy atom. The molecule has 0 aliphatic heterocycles. The number of carbonyl (C=O) groups is 4. The van der Waals surface area contributed by atoms with Crippen molar-refractivity contribution < 1.29 is 33.4 Å². The average Bonchev–Trinajstić information content (AvgIpc) is 3.74. The summed E-state index contributed by atoms with van der Waals surface area (Å²) in [6, 6.07) is 7.08. The van der Waals surface area contributed by atoms with E-state index in [1.165, 1.54) is 12.5 Å². The largest absolute Gasteiger partial charge is 0.463 e. The summed E-state index contributed by atoms with van der Waals surface area (Å²) >= 11 is 0. The Morgan fingerprint density at radius 2 is 1.58 bits per heavy atom. The first-order chi connectivity index (χ1) is 34.6. The number of amides is 2. The second-order valence-corrected chi connectivity index (χ2v) is 24.6. The Labute approximate surface area is 420 Å². The normalized spacial score (nSPS) is 12.5. The van der Waals surface area contributed by atoms with Crippen molar-refractivity contribution in [3.63, 3.8) is 0 Å². The molecule has 2 amide bonds. The van der Waals surface area contributed by atoms with Crippen molar-refractivity contribution in [3.8, 4) is 0 Å². The van der Waals surface area contributed by atoms with Crippen LogP contribution in [0.2, 0.25) is 25.7 Å². The highest BCUT2D eigenvalue weighted by atomic mass is 28.3. The Bertz CT molecular complexity index is 2700. The second kappa shape index (κ2) is 28.9. The van der Waals surface area contributed by atoms with Crippen LogP contribution in [-0.2, 0) is 41.9 Å². The zero-order chi connectivity index (χ0) is 51.9. The quantitative estimate of drug-likeness (QED) is 0.0107. The topological polar surface area (TPSA) is 293 Å². The van der Waals surface area contributed by atoms with Crippen LogP contribution in [0.5, 0.6) is 0 Å². The molecule has 21 nitrogen and oxygen atoms in total. The van der Waals surface area contributed by atoms with Crippen LogP contribution in [0.15, 0.2) is 58.5 Å². The average molecular weight is 1010 g/mol. The number of benzene rings is 1. The van der Waals surface area contributed by atoms with E-state index < -0.39 is 19.2 Å². The van der Waals surface area contributed by atoms with Gasteiger partial charge in [-0.25, -0.2) is 15.0 Å². The van der Waals surface area contributed by atoms with E-state index in [4.69, 9.17) is 19.9 Å². The first-order valence-corrected chi connectivity index (χ1v) is 28.8. The van der Waals surface area contributed by atoms with Gasteiger partial charge in [0, 0.05) is 42.6 Å². The number of nitrogens with zero attached hydrogens (tertiary/aromatic N) is 6. The van der Waals surface area contributed by atoms with Crippen LogP contribution >= 0.6 is 0 Å². The third-order valence-electron chi connectivity index (χ3n) is 11.4. The SMILES string of the molecule is CCCCCC[C@H](C/C=C\CCCCCCCC(=O)OCCOCn1cnc2c(=O)[nH]c(N)nc21)OC(=O)CCC(C)NC(=O)c1ccc(NCc2cnc3nc(NC(=O)C[Si](C)(C)C)[nH]c(=O)c3n2)cc1. The number of allylic oxidation sites excluding steroid dienone is 1. The predicted octanol–water partition coefficient (Wildman–Crippen LogP) is 7.29. The van der Waals surface area contributed by atoms with Crippen LogP contribution in [0.25, 0.3) is 22.3 Å². The molecule has 1 unspecified atom stereocenters. The van der Waals surface area contributed by atoms with Gasteiger partial charge in [0.2, 0.25) is 17.8 Å². The van der Waals surface area contributed by atoms with Gasteiger partial charge in [-0.2, -0.15) is 9.97 Å². The Morgan fingerprint density at radius 3 is 2.36 bits per heavy atom. The molecule has 0 aliphatic carbocycles. The maximum atomic E-state index is 13.1. The fourth-order valence-corrected chi connectivity index (χ4v) is 8.66. The van der Waals surface area contributed by atoms with Gasteiger partial charge < -0.3 is 30.6 Å². The first-order valence-electron chi connectivity index (χ1n) is 25.1. The van der Waals surface area contributed by atoms with E-state index >= 15 is 0 Å². The van der Waals surface area contributed by atoms with Crippen molar-refractivity contribution in [2.45, 2.75) is 161 Å². The number of fused-ring (bicyclic) bond motifs is 2. The number of hydrogen-bond donors (Lipinski definition) is 6. The molecule has 4 aromatic heterocycles. The van der Waals surface area contributed by atoms with Crippen molar-refractivity contribution in [2.75, 3.05) is 29.6 Å². The molecule has 0 radical (unpaired) electrons. The third kappa shape index (κ3) is 19.8. The van der Waals surface area contributed by atoms with Crippen molar-refractivity contribution in [2.24, 2.45) is 0 Å². The van der Waals surface area contributed by atoms with Crippen molar-refractivity contribution >= 4 is 71.7 Å². The standard InChI is InChI=1S/C50H72N12O9Si/c1-6-7-8-15-18-38(19-16-13-11-9-10-12-14-17-20-40(64)70-28-27-69-33-62-32-54-43-45(62)59-49(51)60-48(43)68)71-41(65)26-21-34(2)55-46(66)35-22-24-36(25-23-35)52-29-37-30-53-44-42(56-37)47(67)61-50(58-44)57-39(63)31-72(3,4)5/h13,16,22-25,30,32,34,38,52H,6-12,14-15,17-21,26-29,31,33H2,1-5H3,(H,55,66)(H3,51,59,60,68)(H2,53,57,58,61,63,67)/b16-13-/t34?,38-/m1/s1. The van der Waals surface area contributed by atoms with Crippen LogP contribution in [-0.4, -0.2) is 96.6 Å². The molecule has 0 bridgehead atoms. The lowest BCUT2D eigenvalue weighted by Gasteiger charge is -2.18. The number of ether oxygens (including phenoxy) is 3. The van der Waals surface area contributed by atoms with Gasteiger partial charge in [0.1, 0.15) is 19.4 Å². The summed E-state index contributed by atoms with van der Waals surface area (Å²) in [5.41, 5.74) is 7.04. The lowest BCUT2D eigenvalue weighted by Crippen LogP contribution is -2.33. The smallest absolute Gasteiger partial charge is 0.306 e. The number of rotatable bonds is 32. The minimum Gasteiger partial charge on any atom is -0.463 e. The van der Waals surface area contributed by atoms with E-state index in [0.29, 0.717) is 42.2 Å². The molecular weight excluding hydrogens is 941 g/mol. The van der Waals surface area contributed by atoms with Gasteiger partial charge in [-0.1, -0.05) is 77.2 Å². The van der Waals surface area contributed by atoms with Gasteiger partial charge in [-0.15, -0.1) is 0 Å². The van der Waals surface area contributed by atoms with Gasteiger partial charge in [0.25, 0.3) is 17.0 Å². The van der Waals surface area contributed by atoms with E-state index in [2.05, 4.69) is 89.6 Å². The zero-order valence-corrected chi connectivity index (χ0v) is 43.4. The minimum absolute atomic E-state index is 0.0100. The molecule has 0 saturated carbocycles. The first kappa shape index (κ1) is 56.1. The summed E-state index contributed by atoms with van der Waals surface area (Å²) in [6.07, 6.45) is 19.5. The number of aromatic amines is 2. The number of nitrogen functional groups attached to an aromatic ring is 1. The predicted molar refractivity (Wildman–Crippen MR) is 279 cm³/mol. The number of nitrogens with two attached hydrogens (primary N) is 1. The summed E-state index contributed by atoms with van der Waals surface area (Å²) in [4.78, 5) is 101. The van der Waals surface area contributed by atoms with Gasteiger partial charge in [0.05, 0.1) is 39.4 Å². The van der Waals surface area contributed by atoms with E-state index in [1.807, 2.05) is 6.92 Å². The summed E-state index contributed by atoms with van der Waals surface area (Å²) < 4.78 is 18.3. The number of carbonyl (C=O) groups excluding carboxylic acids is 4. The van der Waals surface area contributed by atoms with Gasteiger partial charge in [0.15, 0.2) is 22.3 Å². The lowest BCUT2D eigenvalue weighted by atomic mass is 10.1. The molecule has 7 N–H and O–H groups in total. The molecule has 22 heteroatoms. The molecule has 2 atom stereocenters. The highest BCUT2D eigenvalue weighted by Crippen LogP contribution is 2.17. The van der Waals surface area contributed by atoms with E-state index in [-0.39, 0.29) is 97.4 Å². The molecule has 0 fully saturated rings. The van der Waals surface area contributed by atoms with Crippen LogP contribution in [0.1, 0.15) is 126 Å². The molecule has 5 aromatic rings. The minimum atomic E-state index is -1.65. The molecule has 1 aromatic carbocycles. The fraction of sp³-hybridized carbons (Fsp3) is 0.540. The van der Waals surface area contributed by atoms with Crippen molar-refractivity contribution in [1.82, 2.24) is 44.8 Å². The van der Waals surface area contributed by atoms with Gasteiger partial charge in [-0.05, 0) is 69.7 Å². The van der Waals surface area contributed by atoms with E-state index in [1.54, 1.807) is 28.8 Å². The zero-order valence-electron chi connectivity index (χ0n) is 42.4. The summed E-state index contributed by atoms with van der Waals surface area (Å²) in [5.74, 6) is -0.975. The number of esters is 2. The number of aromatic nitrogens is 8. The Balaban J connectivity index is 0.924. The molecule has 72 heavy (non-hydrogen) atoms. The second-order valence-electron chi connectivity index (χ2n) is 19.1. The molecule has 0 aliphatic rings. The van der Waals surface area contributed by atoms with Crippen molar-refractivity contribution in [1.29, 1.82) is 0 Å². The number of nitrogens with one attached hydrogen (secondary N) is 5. The van der Waals surface area contributed by atoms with E-state index in [0.717, 1.165) is 76.3 Å². The van der Waals surface area contributed by atoms with Crippen LogP contribution in [0.3, 0.4) is 0 Å². The highest BCUT2D eigenvalue weighted by molar-refractivity contribution is 6.79. The number of unbranched alkanes of at least 4 members (excludes halogenated alkanes) is 8. The monoisotopic (exact) mass is 1010 g/mol. The molecule has 0 saturated heterocycles. The van der Waals surface area contributed by atoms with E-state index in [9.17, 15) is 28.8 Å². The fourth-order valence-electron chi connectivity index (χ4n) is 7.61. The number of imidazole rings is 1. The summed E-state index contributed by atoms with van der Waals surface area (Å²) in [5, 5.41) is 8.85. The van der Waals surface area contributed by atoms with Crippen LogP contribution in [0.4, 0.5) is 17.6 Å². The molecule has 390 valence electrons. The molecule has 5 rings (SSSR count). The lowest BCUT2D eigenvalue weighted by molar-refractivity contribution is -0.149. The Hall–Kier alpha value is -6.81. The van der Waals surface area contributed by atoms with Crippen LogP contribution < -0.4 is 32.8 Å². The number of H-pyrrole nitrogens is 2. The molecule has 0 spiro atoms. The molecule has 4 heterocycles. The number of anilines is 3. The molecular formula is C50H72N12O9Si.